The van der Waals surface area contributed by atoms with Crippen molar-refractivity contribution in [3.63, 3.8) is 0 Å². The van der Waals surface area contributed by atoms with Crippen LogP contribution in [0.15, 0.2) is 18.2 Å². The van der Waals surface area contributed by atoms with Crippen molar-refractivity contribution < 1.29 is 9.66 Å². The van der Waals surface area contributed by atoms with Gasteiger partial charge in [-0.05, 0) is 38.4 Å². The zero-order valence-electron chi connectivity index (χ0n) is 11.2. The first kappa shape index (κ1) is 13.6. The molecule has 0 saturated carbocycles. The van der Waals surface area contributed by atoms with E-state index in [1.165, 1.54) is 7.11 Å². The Morgan fingerprint density at radius 1 is 1.53 bits per heavy atom. The lowest BCUT2D eigenvalue weighted by Crippen LogP contribution is -2.41. The van der Waals surface area contributed by atoms with Crippen LogP contribution in [0, 0.1) is 10.1 Å². The SMILES string of the molecule is COc1cccc(NC2CCNC(C)C2)c1[N+](=O)[O-]. The third-order valence-electron chi connectivity index (χ3n) is 3.38. The van der Waals surface area contributed by atoms with Crippen LogP contribution in [0.2, 0.25) is 0 Å². The Kier molecular flexibility index (Phi) is 4.21. The summed E-state index contributed by atoms with van der Waals surface area (Å²) in [4.78, 5) is 10.8. The minimum atomic E-state index is -0.397. The summed E-state index contributed by atoms with van der Waals surface area (Å²) in [6, 6.07) is 5.78. The normalized spacial score (nSPS) is 22.8. The predicted octanol–water partition coefficient (Wildman–Crippen LogP) is 2.16. The quantitative estimate of drug-likeness (QED) is 0.644. The summed E-state index contributed by atoms with van der Waals surface area (Å²) in [5, 5.41) is 17.8. The number of nitrogens with one attached hydrogen (secondary N) is 2. The topological polar surface area (TPSA) is 76.4 Å². The Labute approximate surface area is 112 Å². The van der Waals surface area contributed by atoms with Crippen molar-refractivity contribution >= 4 is 11.4 Å². The highest BCUT2D eigenvalue weighted by molar-refractivity contribution is 5.68. The maximum Gasteiger partial charge on any atom is 0.333 e. The molecule has 19 heavy (non-hydrogen) atoms. The lowest BCUT2D eigenvalue weighted by atomic mass is 10.00. The van der Waals surface area contributed by atoms with Crippen molar-refractivity contribution in [3.8, 4) is 5.75 Å². The van der Waals surface area contributed by atoms with Crippen LogP contribution in [-0.4, -0.2) is 30.7 Å². The summed E-state index contributed by atoms with van der Waals surface area (Å²) in [5.74, 6) is 0.289. The first-order chi connectivity index (χ1) is 9.11. The number of hydrogen-bond donors (Lipinski definition) is 2. The fourth-order valence-electron chi connectivity index (χ4n) is 2.47. The van der Waals surface area contributed by atoms with Gasteiger partial charge in [-0.3, -0.25) is 10.1 Å². The number of nitro groups is 1. The third-order valence-corrected chi connectivity index (χ3v) is 3.38. The van der Waals surface area contributed by atoms with E-state index in [-0.39, 0.29) is 17.5 Å². The van der Waals surface area contributed by atoms with Crippen molar-refractivity contribution in [2.45, 2.75) is 31.8 Å². The van der Waals surface area contributed by atoms with Crippen molar-refractivity contribution in [1.82, 2.24) is 5.32 Å². The molecule has 2 rings (SSSR count). The van der Waals surface area contributed by atoms with Crippen LogP contribution >= 0.6 is 0 Å². The number of piperidine rings is 1. The summed E-state index contributed by atoms with van der Waals surface area (Å²) in [6.07, 6.45) is 1.91. The van der Waals surface area contributed by atoms with Gasteiger partial charge in [-0.15, -0.1) is 0 Å². The molecule has 1 aliphatic heterocycles. The standard InChI is InChI=1S/C13H19N3O3/c1-9-8-10(6-7-14-9)15-11-4-3-5-12(19-2)13(11)16(17)18/h3-5,9-10,14-15H,6-8H2,1-2H3. The summed E-state index contributed by atoms with van der Waals surface area (Å²) in [7, 11) is 1.44. The number of nitro benzene ring substituents is 1. The maximum atomic E-state index is 11.2. The molecule has 1 heterocycles. The van der Waals surface area contributed by atoms with Crippen LogP contribution in [-0.2, 0) is 0 Å². The van der Waals surface area contributed by atoms with Crippen LogP contribution < -0.4 is 15.4 Å². The zero-order chi connectivity index (χ0) is 13.8. The fourth-order valence-corrected chi connectivity index (χ4v) is 2.47. The Morgan fingerprint density at radius 3 is 2.95 bits per heavy atom. The second kappa shape index (κ2) is 5.88. The number of rotatable bonds is 4. The van der Waals surface area contributed by atoms with Gasteiger partial charge in [-0.25, -0.2) is 0 Å². The van der Waals surface area contributed by atoms with Gasteiger partial charge in [-0.1, -0.05) is 6.07 Å². The van der Waals surface area contributed by atoms with E-state index in [0.29, 0.717) is 11.7 Å². The molecule has 1 aromatic carbocycles. The molecule has 6 heteroatoms. The van der Waals surface area contributed by atoms with Gasteiger partial charge in [-0.2, -0.15) is 0 Å². The number of benzene rings is 1. The van der Waals surface area contributed by atoms with E-state index in [4.69, 9.17) is 4.74 Å². The number of methoxy groups -OCH3 is 1. The van der Waals surface area contributed by atoms with Gasteiger partial charge >= 0.3 is 5.69 Å². The highest BCUT2D eigenvalue weighted by Gasteiger charge is 2.24. The minimum absolute atomic E-state index is 0.0104. The third kappa shape index (κ3) is 3.14. The highest BCUT2D eigenvalue weighted by Crippen LogP contribution is 2.35. The number of anilines is 1. The zero-order valence-corrected chi connectivity index (χ0v) is 11.2. The molecular formula is C13H19N3O3. The van der Waals surface area contributed by atoms with Crippen molar-refractivity contribution in [1.29, 1.82) is 0 Å². The largest absolute Gasteiger partial charge is 0.490 e. The summed E-state index contributed by atoms with van der Waals surface area (Å²) < 4.78 is 5.06. The first-order valence-corrected chi connectivity index (χ1v) is 6.43. The van der Waals surface area contributed by atoms with E-state index in [1.54, 1.807) is 18.2 Å². The Morgan fingerprint density at radius 2 is 2.32 bits per heavy atom. The predicted molar refractivity (Wildman–Crippen MR) is 73.8 cm³/mol. The molecular weight excluding hydrogens is 246 g/mol. The Balaban J connectivity index is 2.21. The molecule has 1 saturated heterocycles. The monoisotopic (exact) mass is 265 g/mol. The number of ether oxygens (including phenoxy) is 1. The molecule has 104 valence electrons. The number of nitrogens with zero attached hydrogens (tertiary/aromatic N) is 1. The molecule has 1 fully saturated rings. The van der Waals surface area contributed by atoms with Crippen LogP contribution in [0.5, 0.6) is 5.75 Å². The van der Waals surface area contributed by atoms with Crippen LogP contribution in [0.1, 0.15) is 19.8 Å². The van der Waals surface area contributed by atoms with E-state index < -0.39 is 4.92 Å². The fraction of sp³-hybridized carbons (Fsp3) is 0.538. The van der Waals surface area contributed by atoms with Gasteiger partial charge in [0.15, 0.2) is 5.75 Å². The van der Waals surface area contributed by atoms with E-state index in [9.17, 15) is 10.1 Å². The molecule has 2 N–H and O–H groups in total. The minimum Gasteiger partial charge on any atom is -0.490 e. The second-order valence-electron chi connectivity index (χ2n) is 4.83. The van der Waals surface area contributed by atoms with E-state index >= 15 is 0 Å². The molecule has 0 spiro atoms. The van der Waals surface area contributed by atoms with Crippen molar-refractivity contribution in [3.05, 3.63) is 28.3 Å². The van der Waals surface area contributed by atoms with Gasteiger partial charge in [0.25, 0.3) is 0 Å². The number of para-hydroxylation sites is 1. The molecule has 0 radical (unpaired) electrons. The van der Waals surface area contributed by atoms with Crippen LogP contribution in [0.3, 0.4) is 0 Å². The molecule has 2 atom stereocenters. The van der Waals surface area contributed by atoms with Crippen LogP contribution in [0.4, 0.5) is 11.4 Å². The first-order valence-electron chi connectivity index (χ1n) is 6.43. The molecule has 1 aromatic rings. The van der Waals surface area contributed by atoms with Crippen LogP contribution in [0.25, 0.3) is 0 Å². The molecule has 6 nitrogen and oxygen atoms in total. The molecule has 0 amide bonds. The number of hydrogen-bond acceptors (Lipinski definition) is 5. The molecule has 0 bridgehead atoms. The molecule has 0 aromatic heterocycles. The van der Waals surface area contributed by atoms with Gasteiger partial charge in [0, 0.05) is 12.1 Å². The summed E-state index contributed by atoms with van der Waals surface area (Å²) in [6.45, 7) is 3.05. The van der Waals surface area contributed by atoms with Gasteiger partial charge < -0.3 is 15.4 Å². The smallest absolute Gasteiger partial charge is 0.333 e. The Hall–Kier alpha value is -1.82. The van der Waals surface area contributed by atoms with E-state index in [1.807, 2.05) is 0 Å². The van der Waals surface area contributed by atoms with Crippen molar-refractivity contribution in [2.24, 2.45) is 0 Å². The van der Waals surface area contributed by atoms with Gasteiger partial charge in [0.2, 0.25) is 0 Å². The maximum absolute atomic E-state index is 11.2. The van der Waals surface area contributed by atoms with Gasteiger partial charge in [0.1, 0.15) is 5.69 Å². The lowest BCUT2D eigenvalue weighted by molar-refractivity contribution is -0.384. The summed E-state index contributed by atoms with van der Waals surface area (Å²) in [5.41, 5.74) is 0.541. The average molecular weight is 265 g/mol. The second-order valence-corrected chi connectivity index (χ2v) is 4.83. The lowest BCUT2D eigenvalue weighted by Gasteiger charge is -2.29. The summed E-state index contributed by atoms with van der Waals surface area (Å²) >= 11 is 0. The molecule has 2 unspecified atom stereocenters. The molecule has 1 aliphatic rings. The Bertz CT molecular complexity index is 464. The average Bonchev–Trinajstić information content (AvgIpc) is 2.38. The van der Waals surface area contributed by atoms with E-state index in [0.717, 1.165) is 19.4 Å². The molecule has 0 aliphatic carbocycles. The van der Waals surface area contributed by atoms with Gasteiger partial charge in [0.05, 0.1) is 12.0 Å². The van der Waals surface area contributed by atoms with Crippen molar-refractivity contribution in [2.75, 3.05) is 19.0 Å². The van der Waals surface area contributed by atoms with E-state index in [2.05, 4.69) is 17.6 Å². The highest BCUT2D eigenvalue weighted by atomic mass is 16.6.